The van der Waals surface area contributed by atoms with Gasteiger partial charge in [-0.05, 0) is 136 Å². The van der Waals surface area contributed by atoms with Crippen molar-refractivity contribution in [3.8, 4) is 17.2 Å². The zero-order chi connectivity index (χ0) is 50.8. The zero-order valence-corrected chi connectivity index (χ0v) is 43.0. The number of alkyl halides is 2. The van der Waals surface area contributed by atoms with Gasteiger partial charge in [0.05, 0.1) is 41.4 Å². The number of halogens is 3. The van der Waals surface area contributed by atoms with Crippen LogP contribution in [0, 0.1) is 16.7 Å². The average molecular weight is 1010 g/mol. The van der Waals surface area contributed by atoms with E-state index in [0.29, 0.717) is 106 Å². The van der Waals surface area contributed by atoms with Crippen LogP contribution in [0.1, 0.15) is 112 Å². The van der Waals surface area contributed by atoms with E-state index in [4.69, 9.17) is 16.7 Å². The van der Waals surface area contributed by atoms with Crippen LogP contribution in [0.3, 0.4) is 0 Å². The second kappa shape index (κ2) is 19.6. The Bertz CT molecular complexity index is 2930. The second-order valence-electron chi connectivity index (χ2n) is 21.9. The maximum Gasteiger partial charge on any atom is 0.264 e. The predicted molar refractivity (Wildman–Crippen MR) is 280 cm³/mol. The summed E-state index contributed by atoms with van der Waals surface area (Å²) in [5.41, 5.74) is 7.99. The molecule has 0 radical (unpaired) electrons. The number of likely N-dealkylation sites (tertiary alicyclic amines) is 1. The summed E-state index contributed by atoms with van der Waals surface area (Å²) in [6, 6.07) is 20.7. The molecule has 8 heterocycles. The molecule has 384 valence electrons. The third kappa shape index (κ3) is 9.52. The highest BCUT2D eigenvalue weighted by Crippen LogP contribution is 2.47. The van der Waals surface area contributed by atoms with E-state index >= 15 is 0 Å². The molecule has 5 aromatic rings. The van der Waals surface area contributed by atoms with Gasteiger partial charge < -0.3 is 34.5 Å². The van der Waals surface area contributed by atoms with Crippen LogP contribution < -0.4 is 19.6 Å². The summed E-state index contributed by atoms with van der Waals surface area (Å²) in [4.78, 5) is 39.7. The third-order valence-electron chi connectivity index (χ3n) is 17.3. The number of anilines is 5. The second-order valence-corrected chi connectivity index (χ2v) is 22.3. The summed E-state index contributed by atoms with van der Waals surface area (Å²) < 4.78 is 33.3. The Kier molecular flexibility index (Phi) is 13.2. The van der Waals surface area contributed by atoms with Crippen LogP contribution in [0.2, 0.25) is 5.02 Å². The molecule has 17 heteroatoms. The first kappa shape index (κ1) is 49.1. The lowest BCUT2D eigenvalue weighted by molar-refractivity contribution is -0.138. The fourth-order valence-electron chi connectivity index (χ4n) is 13.1. The molecule has 2 amide bonds. The van der Waals surface area contributed by atoms with Crippen LogP contribution >= 0.6 is 11.6 Å². The minimum atomic E-state index is -2.69. The molecule has 2 aromatic heterocycles. The molecule has 1 atom stereocenters. The van der Waals surface area contributed by atoms with Crippen molar-refractivity contribution in [1.29, 1.82) is 5.26 Å². The van der Waals surface area contributed by atoms with Crippen molar-refractivity contribution in [2.24, 2.45) is 12.5 Å². The first-order valence-electron chi connectivity index (χ1n) is 26.3. The number of aromatic nitrogens is 4. The lowest BCUT2D eigenvalue weighted by atomic mass is 9.76. The molecule has 0 saturated carbocycles. The van der Waals surface area contributed by atoms with Gasteiger partial charge in [0.1, 0.15) is 6.07 Å². The molecule has 1 N–H and O–H groups in total. The van der Waals surface area contributed by atoms with Crippen LogP contribution in [0.5, 0.6) is 0 Å². The highest BCUT2D eigenvalue weighted by Gasteiger charge is 2.45. The summed E-state index contributed by atoms with van der Waals surface area (Å²) in [5, 5.41) is 31.2. The number of amides is 2. The zero-order valence-electron chi connectivity index (χ0n) is 42.2. The van der Waals surface area contributed by atoms with E-state index in [1.54, 1.807) is 37.1 Å². The summed E-state index contributed by atoms with van der Waals surface area (Å²) in [7, 11) is 1.78. The molecule has 6 aliphatic rings. The van der Waals surface area contributed by atoms with Crippen molar-refractivity contribution >= 4 is 52.0 Å². The number of hydrogen-bond acceptors (Lipinski definition) is 10. The topological polar surface area (TPSA) is 133 Å². The van der Waals surface area contributed by atoms with Gasteiger partial charge in [0.15, 0.2) is 5.82 Å². The van der Waals surface area contributed by atoms with Crippen molar-refractivity contribution in [3.63, 3.8) is 0 Å². The molecular formula is C56H66ClF2N11O3. The average Bonchev–Trinajstić information content (AvgIpc) is 4.10. The smallest absolute Gasteiger partial charge is 0.264 e. The number of fused-ring (bicyclic) bond motifs is 2. The van der Waals surface area contributed by atoms with Gasteiger partial charge in [-0.1, -0.05) is 11.6 Å². The van der Waals surface area contributed by atoms with E-state index in [-0.39, 0.29) is 35.3 Å². The van der Waals surface area contributed by atoms with E-state index in [0.717, 1.165) is 91.4 Å². The Morgan fingerprint density at radius 3 is 2.21 bits per heavy atom. The fraction of sp³-hybridized carbons (Fsp3) is 0.518. The van der Waals surface area contributed by atoms with Gasteiger partial charge >= 0.3 is 0 Å². The molecule has 4 fully saturated rings. The van der Waals surface area contributed by atoms with Gasteiger partial charge in [-0.2, -0.15) is 15.5 Å². The van der Waals surface area contributed by atoms with Gasteiger partial charge in [0.2, 0.25) is 11.8 Å². The Balaban J connectivity index is 0.697. The molecule has 6 aliphatic heterocycles. The standard InChI is InChI=1S/C56H66ClF2N11O3/c1-37-30-55(36-69(37)45-7-6-40(32-60)49(57)28-45)15-23-64(24-16-55)42-8-10-43(11-9-42)65-25-17-56(73,18-26-65)31-52(72)66-20-12-44(13-21-66)70-50-14-22-67(38(2)71)35-48(50)54(62-70)68-19-4-5-39-27-46(41-33-61-63(3)34-41)47(53(58)59)29-51(39)68/h6-11,27-29,33-34,37,44,53,73H,4-5,12-26,30-31,35-36H2,1-3H3/t37-/m0/s1. The van der Waals surface area contributed by atoms with Crippen molar-refractivity contribution < 1.29 is 23.5 Å². The number of carbonyl (C=O) groups excluding carboxylic acids is 2. The molecular weight excluding hydrogens is 948 g/mol. The number of nitriles is 1. The Morgan fingerprint density at radius 1 is 0.890 bits per heavy atom. The van der Waals surface area contributed by atoms with Crippen LogP contribution in [0.25, 0.3) is 11.1 Å². The number of piperidine rings is 3. The maximum absolute atomic E-state index is 14.8. The molecule has 4 saturated heterocycles. The number of rotatable bonds is 9. The highest BCUT2D eigenvalue weighted by molar-refractivity contribution is 6.32. The van der Waals surface area contributed by atoms with Crippen LogP contribution in [-0.2, 0) is 36.0 Å². The largest absolute Gasteiger partial charge is 0.389 e. The highest BCUT2D eigenvalue weighted by atomic mass is 35.5. The number of benzene rings is 3. The molecule has 0 bridgehead atoms. The van der Waals surface area contributed by atoms with E-state index in [1.807, 2.05) is 34.1 Å². The van der Waals surface area contributed by atoms with Gasteiger partial charge in [-0.15, -0.1) is 0 Å². The van der Waals surface area contributed by atoms with Gasteiger partial charge in [-0.25, -0.2) is 8.78 Å². The third-order valence-corrected chi connectivity index (χ3v) is 17.6. The van der Waals surface area contributed by atoms with E-state index in [1.165, 1.54) is 5.69 Å². The van der Waals surface area contributed by atoms with E-state index in [9.17, 15) is 28.7 Å². The molecule has 3 aromatic carbocycles. The maximum atomic E-state index is 14.8. The predicted octanol–water partition coefficient (Wildman–Crippen LogP) is 9.21. The minimum Gasteiger partial charge on any atom is -0.389 e. The summed E-state index contributed by atoms with van der Waals surface area (Å²) in [6.07, 6.45) is 8.82. The first-order chi connectivity index (χ1) is 35.2. The van der Waals surface area contributed by atoms with Crippen LogP contribution in [0.15, 0.2) is 67.0 Å². The Labute approximate surface area is 431 Å². The number of aliphatic hydroxyl groups is 1. The fourth-order valence-corrected chi connectivity index (χ4v) is 13.3. The van der Waals surface area contributed by atoms with Crippen LogP contribution in [-0.4, -0.2) is 117 Å². The van der Waals surface area contributed by atoms with Crippen molar-refractivity contribution in [3.05, 3.63) is 100.0 Å². The molecule has 11 rings (SSSR count). The Hall–Kier alpha value is -6.18. The number of aryl methyl sites for hydroxylation is 2. The number of nitrogens with zero attached hydrogens (tertiary/aromatic N) is 11. The number of carbonyl (C=O) groups is 2. The van der Waals surface area contributed by atoms with Crippen molar-refractivity contribution in [1.82, 2.24) is 29.4 Å². The SMILES string of the molecule is CC(=O)N1CCc2c(c(N3CCCc4cc(-c5cnn(C)c5)c(C(F)F)cc43)nn2C2CCN(C(=O)CC3(O)CCN(c4ccc(N5CCC6(CC5)C[C@H](C)N(c5ccc(C#N)c(Cl)c5)C6)cc4)CC3)CC2)C1. The molecule has 0 aliphatic carbocycles. The lowest BCUT2D eigenvalue weighted by Gasteiger charge is -2.41. The van der Waals surface area contributed by atoms with Crippen molar-refractivity contribution in [2.75, 3.05) is 78.5 Å². The molecule has 0 unspecified atom stereocenters. The van der Waals surface area contributed by atoms with E-state index < -0.39 is 12.0 Å². The monoisotopic (exact) mass is 1010 g/mol. The molecule has 73 heavy (non-hydrogen) atoms. The quantitative estimate of drug-likeness (QED) is 0.152. The van der Waals surface area contributed by atoms with Crippen LogP contribution in [0.4, 0.5) is 37.3 Å². The minimum absolute atomic E-state index is 0.0127. The van der Waals surface area contributed by atoms with Crippen molar-refractivity contribution in [2.45, 2.75) is 115 Å². The lowest BCUT2D eigenvalue weighted by Crippen LogP contribution is -2.49. The first-order valence-corrected chi connectivity index (χ1v) is 26.7. The van der Waals surface area contributed by atoms with Gasteiger partial charge in [0, 0.05) is 137 Å². The summed E-state index contributed by atoms with van der Waals surface area (Å²) >= 11 is 6.42. The van der Waals surface area contributed by atoms with Gasteiger partial charge in [-0.3, -0.25) is 19.0 Å². The molecule has 1 spiro atoms. The number of hydrogen-bond donors (Lipinski definition) is 1. The van der Waals surface area contributed by atoms with E-state index in [2.05, 4.69) is 66.6 Å². The summed E-state index contributed by atoms with van der Waals surface area (Å²) in [6.45, 7) is 10.9. The van der Waals surface area contributed by atoms with Gasteiger partial charge in [0.25, 0.3) is 6.43 Å². The molecule has 14 nitrogen and oxygen atoms in total. The normalized spacial score (nSPS) is 20.9. The Morgan fingerprint density at radius 2 is 1.58 bits per heavy atom. The summed E-state index contributed by atoms with van der Waals surface area (Å²) in [5.74, 6) is 0.683.